The van der Waals surface area contributed by atoms with Gasteiger partial charge in [0.2, 0.25) is 0 Å². The van der Waals surface area contributed by atoms with Crippen LogP contribution in [-0.2, 0) is 0 Å². The van der Waals surface area contributed by atoms with Crippen molar-refractivity contribution in [3.8, 4) is 11.5 Å². The van der Waals surface area contributed by atoms with Gasteiger partial charge in [0.05, 0.1) is 5.56 Å². The summed E-state index contributed by atoms with van der Waals surface area (Å²) in [6.07, 6.45) is -2.64. The monoisotopic (exact) mass is 355 g/mol. The zero-order valence-electron chi connectivity index (χ0n) is 11.7. The van der Waals surface area contributed by atoms with Crippen LogP contribution < -0.4 is 10.5 Å². The molecule has 0 amide bonds. The molecule has 0 aliphatic carbocycles. The second-order valence-corrected chi connectivity index (χ2v) is 5.95. The summed E-state index contributed by atoms with van der Waals surface area (Å²) >= 11 is 3.41. The van der Waals surface area contributed by atoms with Crippen LogP contribution in [0.15, 0.2) is 40.9 Å². The Balaban J connectivity index is 2.43. The van der Waals surface area contributed by atoms with Crippen LogP contribution in [0, 0.1) is 0 Å². The molecule has 0 saturated heterocycles. The SMILES string of the molecule is CC(C)c1cc(Br)ccc1Oc1ccc(N)cc1C(F)F. The average molecular weight is 356 g/mol. The van der Waals surface area contributed by atoms with Gasteiger partial charge in [0.15, 0.2) is 0 Å². The van der Waals surface area contributed by atoms with Crippen molar-refractivity contribution in [3.05, 3.63) is 52.0 Å². The minimum absolute atomic E-state index is 0.128. The van der Waals surface area contributed by atoms with Crippen LogP contribution in [0.25, 0.3) is 0 Å². The second-order valence-electron chi connectivity index (χ2n) is 5.04. The Hall–Kier alpha value is -1.62. The molecule has 2 rings (SSSR count). The summed E-state index contributed by atoms with van der Waals surface area (Å²) in [4.78, 5) is 0. The molecule has 0 fully saturated rings. The highest BCUT2D eigenvalue weighted by molar-refractivity contribution is 9.10. The summed E-state index contributed by atoms with van der Waals surface area (Å²) in [5.41, 5.74) is 6.60. The van der Waals surface area contributed by atoms with Gasteiger partial charge in [0, 0.05) is 10.2 Å². The van der Waals surface area contributed by atoms with E-state index < -0.39 is 6.43 Å². The highest BCUT2D eigenvalue weighted by Crippen LogP contribution is 2.37. The maximum Gasteiger partial charge on any atom is 0.267 e. The Morgan fingerprint density at radius 3 is 2.24 bits per heavy atom. The second kappa shape index (κ2) is 6.43. The van der Waals surface area contributed by atoms with Crippen LogP contribution in [0.1, 0.15) is 37.3 Å². The molecule has 2 aromatic rings. The minimum atomic E-state index is -2.64. The minimum Gasteiger partial charge on any atom is -0.457 e. The molecule has 0 aliphatic heterocycles. The van der Waals surface area contributed by atoms with Crippen molar-refractivity contribution in [2.75, 3.05) is 5.73 Å². The maximum absolute atomic E-state index is 13.1. The molecule has 2 aromatic carbocycles. The van der Waals surface area contributed by atoms with Crippen LogP contribution in [-0.4, -0.2) is 0 Å². The van der Waals surface area contributed by atoms with E-state index in [0.717, 1.165) is 10.0 Å². The van der Waals surface area contributed by atoms with E-state index in [2.05, 4.69) is 15.9 Å². The van der Waals surface area contributed by atoms with E-state index in [1.165, 1.54) is 12.1 Å². The van der Waals surface area contributed by atoms with E-state index in [9.17, 15) is 8.78 Å². The van der Waals surface area contributed by atoms with E-state index >= 15 is 0 Å². The molecule has 0 radical (unpaired) electrons. The summed E-state index contributed by atoms with van der Waals surface area (Å²) < 4.78 is 32.8. The lowest BCUT2D eigenvalue weighted by Crippen LogP contribution is -1.98. The number of hydrogen-bond donors (Lipinski definition) is 1. The predicted octanol–water partition coefficient (Wildman–Crippen LogP) is 5.88. The van der Waals surface area contributed by atoms with Crippen molar-refractivity contribution in [1.82, 2.24) is 0 Å². The van der Waals surface area contributed by atoms with Crippen molar-refractivity contribution in [3.63, 3.8) is 0 Å². The molecule has 0 atom stereocenters. The third-order valence-electron chi connectivity index (χ3n) is 3.08. The van der Waals surface area contributed by atoms with Crippen LogP contribution >= 0.6 is 15.9 Å². The number of rotatable bonds is 4. The smallest absolute Gasteiger partial charge is 0.267 e. The van der Waals surface area contributed by atoms with Crippen molar-refractivity contribution < 1.29 is 13.5 Å². The van der Waals surface area contributed by atoms with Gasteiger partial charge in [-0.05, 0) is 47.9 Å². The first-order chi connectivity index (χ1) is 9.88. The molecule has 0 bridgehead atoms. The highest BCUT2D eigenvalue weighted by atomic mass is 79.9. The molecule has 0 aromatic heterocycles. The molecule has 5 heteroatoms. The lowest BCUT2D eigenvalue weighted by atomic mass is 10.0. The van der Waals surface area contributed by atoms with Crippen LogP contribution in [0.2, 0.25) is 0 Å². The lowest BCUT2D eigenvalue weighted by molar-refractivity contribution is 0.148. The van der Waals surface area contributed by atoms with Gasteiger partial charge in [-0.25, -0.2) is 8.78 Å². The van der Waals surface area contributed by atoms with Gasteiger partial charge in [-0.3, -0.25) is 0 Å². The van der Waals surface area contributed by atoms with Gasteiger partial charge >= 0.3 is 0 Å². The van der Waals surface area contributed by atoms with Crippen molar-refractivity contribution in [2.24, 2.45) is 0 Å². The van der Waals surface area contributed by atoms with E-state index in [-0.39, 0.29) is 22.9 Å². The van der Waals surface area contributed by atoms with Crippen molar-refractivity contribution in [1.29, 1.82) is 0 Å². The van der Waals surface area contributed by atoms with Gasteiger partial charge in [-0.15, -0.1) is 0 Å². The Kier molecular flexibility index (Phi) is 4.83. The number of halogens is 3. The van der Waals surface area contributed by atoms with Gasteiger partial charge in [0.25, 0.3) is 6.43 Å². The summed E-state index contributed by atoms with van der Waals surface area (Å²) in [6.45, 7) is 4.04. The molecular formula is C16H16BrF2NO. The number of ether oxygens (including phenoxy) is 1. The van der Waals surface area contributed by atoms with E-state index in [0.29, 0.717) is 5.75 Å². The van der Waals surface area contributed by atoms with E-state index in [1.54, 1.807) is 12.1 Å². The molecule has 0 spiro atoms. The number of nitrogen functional groups attached to an aromatic ring is 1. The summed E-state index contributed by atoms with van der Waals surface area (Å²) in [6, 6.07) is 9.79. The molecule has 0 heterocycles. The number of hydrogen-bond acceptors (Lipinski definition) is 2. The summed E-state index contributed by atoms with van der Waals surface area (Å²) in [5.74, 6) is 0.907. The zero-order chi connectivity index (χ0) is 15.6. The van der Waals surface area contributed by atoms with Crippen LogP contribution in [0.3, 0.4) is 0 Å². The third kappa shape index (κ3) is 3.73. The fourth-order valence-corrected chi connectivity index (χ4v) is 2.39. The first kappa shape index (κ1) is 15.8. The quantitative estimate of drug-likeness (QED) is 0.694. The average Bonchev–Trinajstić information content (AvgIpc) is 2.42. The number of anilines is 1. The third-order valence-corrected chi connectivity index (χ3v) is 3.58. The van der Waals surface area contributed by atoms with Gasteiger partial charge < -0.3 is 10.5 Å². The fourth-order valence-electron chi connectivity index (χ4n) is 2.01. The molecule has 112 valence electrons. The first-order valence-corrected chi connectivity index (χ1v) is 7.32. The highest BCUT2D eigenvalue weighted by Gasteiger charge is 2.17. The summed E-state index contributed by atoms with van der Waals surface area (Å²) in [5, 5.41) is 0. The van der Waals surface area contributed by atoms with Crippen molar-refractivity contribution >= 4 is 21.6 Å². The lowest BCUT2D eigenvalue weighted by Gasteiger charge is -2.16. The maximum atomic E-state index is 13.1. The molecule has 2 nitrogen and oxygen atoms in total. The van der Waals surface area contributed by atoms with Crippen molar-refractivity contribution in [2.45, 2.75) is 26.2 Å². The Morgan fingerprint density at radius 2 is 1.62 bits per heavy atom. The summed E-state index contributed by atoms with van der Waals surface area (Å²) in [7, 11) is 0. The largest absolute Gasteiger partial charge is 0.457 e. The normalized spacial score (nSPS) is 11.2. The molecule has 0 aliphatic rings. The number of nitrogens with two attached hydrogens (primary N) is 1. The standard InChI is InChI=1S/C16H16BrF2NO/c1-9(2)12-7-10(17)3-5-14(12)21-15-6-4-11(20)8-13(15)16(18)19/h3-9,16H,20H2,1-2H3. The van der Waals surface area contributed by atoms with Crippen LogP contribution in [0.4, 0.5) is 14.5 Å². The van der Waals surface area contributed by atoms with Gasteiger partial charge in [0.1, 0.15) is 11.5 Å². The molecule has 21 heavy (non-hydrogen) atoms. The molecular weight excluding hydrogens is 340 g/mol. The fraction of sp³-hybridized carbons (Fsp3) is 0.250. The first-order valence-electron chi connectivity index (χ1n) is 6.53. The molecule has 2 N–H and O–H groups in total. The van der Waals surface area contributed by atoms with Crippen LogP contribution in [0.5, 0.6) is 11.5 Å². The Morgan fingerprint density at radius 1 is 1.00 bits per heavy atom. The molecule has 0 unspecified atom stereocenters. The number of alkyl halides is 2. The van der Waals surface area contributed by atoms with E-state index in [1.807, 2.05) is 26.0 Å². The van der Waals surface area contributed by atoms with Gasteiger partial charge in [-0.1, -0.05) is 29.8 Å². The van der Waals surface area contributed by atoms with Gasteiger partial charge in [-0.2, -0.15) is 0 Å². The predicted molar refractivity (Wildman–Crippen MR) is 84.1 cm³/mol. The topological polar surface area (TPSA) is 35.2 Å². The Bertz CT molecular complexity index is 589. The number of benzene rings is 2. The van der Waals surface area contributed by atoms with E-state index in [4.69, 9.17) is 10.5 Å². The Labute approximate surface area is 131 Å². The molecule has 0 saturated carbocycles. The zero-order valence-corrected chi connectivity index (χ0v) is 13.3.